The van der Waals surface area contributed by atoms with Gasteiger partial charge in [-0.1, -0.05) is 19.8 Å². The van der Waals surface area contributed by atoms with Crippen LogP contribution in [-0.4, -0.2) is 64.1 Å². The predicted octanol–water partition coefficient (Wildman–Crippen LogP) is 1.66. The first-order chi connectivity index (χ1) is 12.6. The maximum absolute atomic E-state index is 12.8. The zero-order valence-corrected chi connectivity index (χ0v) is 15.8. The molecule has 2 saturated heterocycles. The van der Waals surface area contributed by atoms with Crippen molar-refractivity contribution in [3.63, 3.8) is 0 Å². The summed E-state index contributed by atoms with van der Waals surface area (Å²) in [5, 5.41) is 7.62. The third-order valence-electron chi connectivity index (χ3n) is 6.18. The topological polar surface area (TPSA) is 70.5 Å². The third-order valence-corrected chi connectivity index (χ3v) is 6.18. The SMILES string of the molecule is CCc1c(NC(=O)C2CC(=O)N(C3CN(C)C3)C2)cnn1C1CCCC1. The van der Waals surface area contributed by atoms with Crippen LogP contribution in [0.15, 0.2) is 6.20 Å². The quantitative estimate of drug-likeness (QED) is 0.868. The minimum Gasteiger partial charge on any atom is -0.336 e. The molecular formula is C19H29N5O2. The van der Waals surface area contributed by atoms with Crippen molar-refractivity contribution < 1.29 is 9.59 Å². The van der Waals surface area contributed by atoms with Crippen LogP contribution in [0.25, 0.3) is 0 Å². The Balaban J connectivity index is 1.41. The lowest BCUT2D eigenvalue weighted by molar-refractivity contribution is -0.132. The van der Waals surface area contributed by atoms with Gasteiger partial charge in [-0.2, -0.15) is 5.10 Å². The van der Waals surface area contributed by atoms with Crippen molar-refractivity contribution in [1.29, 1.82) is 0 Å². The van der Waals surface area contributed by atoms with Gasteiger partial charge in [-0.15, -0.1) is 0 Å². The lowest BCUT2D eigenvalue weighted by Crippen LogP contribution is -2.58. The molecule has 1 N–H and O–H groups in total. The Morgan fingerprint density at radius 2 is 1.96 bits per heavy atom. The molecule has 2 amide bonds. The minimum absolute atomic E-state index is 0.0470. The summed E-state index contributed by atoms with van der Waals surface area (Å²) in [4.78, 5) is 29.1. The van der Waals surface area contributed by atoms with E-state index in [0.717, 1.165) is 30.9 Å². The van der Waals surface area contributed by atoms with Gasteiger partial charge >= 0.3 is 0 Å². The van der Waals surface area contributed by atoms with E-state index in [1.807, 2.05) is 4.90 Å². The number of hydrogen-bond acceptors (Lipinski definition) is 4. The maximum Gasteiger partial charge on any atom is 0.229 e. The average Bonchev–Trinajstić information content (AvgIpc) is 3.31. The Morgan fingerprint density at radius 1 is 1.23 bits per heavy atom. The zero-order chi connectivity index (χ0) is 18.3. The molecule has 0 radical (unpaired) electrons. The van der Waals surface area contributed by atoms with Gasteiger partial charge < -0.3 is 15.1 Å². The molecule has 7 nitrogen and oxygen atoms in total. The van der Waals surface area contributed by atoms with Crippen LogP contribution in [0.4, 0.5) is 5.69 Å². The predicted molar refractivity (Wildman–Crippen MR) is 98.8 cm³/mol. The molecule has 1 aromatic rings. The first-order valence-corrected chi connectivity index (χ1v) is 9.92. The number of nitrogens with one attached hydrogen (secondary N) is 1. The van der Waals surface area contributed by atoms with Gasteiger partial charge in [0.05, 0.1) is 35.6 Å². The molecule has 0 aromatic carbocycles. The van der Waals surface area contributed by atoms with Crippen molar-refractivity contribution in [2.45, 2.75) is 57.5 Å². The normalized spacial score (nSPS) is 25.1. The van der Waals surface area contributed by atoms with Gasteiger partial charge in [0.2, 0.25) is 11.8 Å². The fourth-order valence-corrected chi connectivity index (χ4v) is 4.67. The first kappa shape index (κ1) is 17.5. The van der Waals surface area contributed by atoms with Gasteiger partial charge in [-0.25, -0.2) is 0 Å². The Kier molecular flexibility index (Phi) is 4.73. The molecule has 3 fully saturated rings. The summed E-state index contributed by atoms with van der Waals surface area (Å²) in [6.07, 6.45) is 7.80. The second-order valence-corrected chi connectivity index (χ2v) is 8.05. The summed E-state index contributed by atoms with van der Waals surface area (Å²) in [6, 6.07) is 0.747. The molecule has 0 bridgehead atoms. The van der Waals surface area contributed by atoms with E-state index in [4.69, 9.17) is 0 Å². The molecule has 1 aliphatic carbocycles. The third kappa shape index (κ3) is 3.13. The molecule has 1 atom stereocenters. The molecule has 3 heterocycles. The Hall–Kier alpha value is -1.89. The highest BCUT2D eigenvalue weighted by atomic mass is 16.2. The summed E-state index contributed by atoms with van der Waals surface area (Å²) < 4.78 is 2.11. The first-order valence-electron chi connectivity index (χ1n) is 9.92. The highest BCUT2D eigenvalue weighted by molar-refractivity contribution is 5.97. The van der Waals surface area contributed by atoms with Crippen molar-refractivity contribution in [3.8, 4) is 0 Å². The number of aromatic nitrogens is 2. The van der Waals surface area contributed by atoms with Crippen LogP contribution in [-0.2, 0) is 16.0 Å². The Bertz CT molecular complexity index is 688. The highest BCUT2D eigenvalue weighted by Crippen LogP contribution is 2.32. The molecule has 2 aliphatic heterocycles. The van der Waals surface area contributed by atoms with Gasteiger partial charge in [0.25, 0.3) is 0 Å². The summed E-state index contributed by atoms with van der Waals surface area (Å²) in [7, 11) is 2.05. The molecule has 0 spiro atoms. The number of amides is 2. The van der Waals surface area contributed by atoms with Crippen molar-refractivity contribution in [2.24, 2.45) is 5.92 Å². The van der Waals surface area contributed by atoms with Crippen molar-refractivity contribution in [2.75, 3.05) is 32.0 Å². The van der Waals surface area contributed by atoms with Crippen molar-refractivity contribution in [3.05, 3.63) is 11.9 Å². The van der Waals surface area contributed by atoms with Crippen molar-refractivity contribution in [1.82, 2.24) is 19.6 Å². The van der Waals surface area contributed by atoms with E-state index in [-0.39, 0.29) is 23.8 Å². The number of nitrogens with zero attached hydrogens (tertiary/aromatic N) is 4. The van der Waals surface area contributed by atoms with Gasteiger partial charge in [-0.3, -0.25) is 14.3 Å². The van der Waals surface area contributed by atoms with Crippen molar-refractivity contribution >= 4 is 17.5 Å². The molecular weight excluding hydrogens is 330 g/mol. The summed E-state index contributed by atoms with van der Waals surface area (Å²) in [5.74, 6) is -0.192. The molecule has 7 heteroatoms. The highest BCUT2D eigenvalue weighted by Gasteiger charge is 2.41. The monoisotopic (exact) mass is 359 g/mol. The Labute approximate surface area is 154 Å². The van der Waals surface area contributed by atoms with Gasteiger partial charge in [0, 0.05) is 26.1 Å². The fourth-order valence-electron chi connectivity index (χ4n) is 4.67. The second kappa shape index (κ2) is 7.02. The average molecular weight is 359 g/mol. The van der Waals surface area contributed by atoms with E-state index < -0.39 is 0 Å². The number of anilines is 1. The lowest BCUT2D eigenvalue weighted by atomic mass is 10.1. The summed E-state index contributed by atoms with van der Waals surface area (Å²) in [5.41, 5.74) is 1.92. The molecule has 3 aliphatic rings. The molecule has 142 valence electrons. The largest absolute Gasteiger partial charge is 0.336 e. The van der Waals surface area contributed by atoms with Crippen LogP contribution in [0.5, 0.6) is 0 Å². The molecule has 26 heavy (non-hydrogen) atoms. The standard InChI is InChI=1S/C19H29N5O2/c1-3-17-16(9-20-24(17)14-6-4-5-7-14)21-19(26)13-8-18(25)23(10-13)15-11-22(2)12-15/h9,13-15H,3-8,10-12H2,1-2H3,(H,21,26). The van der Waals surface area contributed by atoms with E-state index in [1.54, 1.807) is 6.20 Å². The number of likely N-dealkylation sites (N-methyl/N-ethyl adjacent to an activating group) is 1. The van der Waals surface area contributed by atoms with Crippen LogP contribution in [0.1, 0.15) is 50.8 Å². The lowest BCUT2D eigenvalue weighted by Gasteiger charge is -2.42. The van der Waals surface area contributed by atoms with Crippen LogP contribution >= 0.6 is 0 Å². The van der Waals surface area contributed by atoms with Gasteiger partial charge in [-0.05, 0) is 26.3 Å². The number of carbonyl (C=O) groups is 2. The number of likely N-dealkylation sites (tertiary alicyclic amines) is 2. The number of rotatable bonds is 5. The minimum atomic E-state index is -0.257. The van der Waals surface area contributed by atoms with Crippen LogP contribution in [0.2, 0.25) is 0 Å². The van der Waals surface area contributed by atoms with Crippen LogP contribution in [0, 0.1) is 5.92 Å². The van der Waals surface area contributed by atoms with Crippen LogP contribution < -0.4 is 5.32 Å². The van der Waals surface area contributed by atoms with Gasteiger partial charge in [0.1, 0.15) is 0 Å². The van der Waals surface area contributed by atoms with E-state index in [0.29, 0.717) is 19.0 Å². The number of carbonyl (C=O) groups excluding carboxylic acids is 2. The van der Waals surface area contributed by atoms with E-state index in [9.17, 15) is 9.59 Å². The number of hydrogen-bond donors (Lipinski definition) is 1. The van der Waals surface area contributed by atoms with Crippen LogP contribution in [0.3, 0.4) is 0 Å². The maximum atomic E-state index is 12.8. The van der Waals surface area contributed by atoms with Gasteiger partial charge in [0.15, 0.2) is 0 Å². The van der Waals surface area contributed by atoms with E-state index in [1.165, 1.54) is 25.7 Å². The van der Waals surface area contributed by atoms with E-state index in [2.05, 4.69) is 34.0 Å². The summed E-state index contributed by atoms with van der Waals surface area (Å²) in [6.45, 7) is 4.47. The molecule has 4 rings (SSSR count). The zero-order valence-electron chi connectivity index (χ0n) is 15.8. The summed E-state index contributed by atoms with van der Waals surface area (Å²) >= 11 is 0. The second-order valence-electron chi connectivity index (χ2n) is 8.05. The van der Waals surface area contributed by atoms with E-state index >= 15 is 0 Å². The fraction of sp³-hybridized carbons (Fsp3) is 0.737. The molecule has 1 aromatic heterocycles. The molecule has 1 saturated carbocycles. The molecule has 1 unspecified atom stereocenters. The Morgan fingerprint density at radius 3 is 2.62 bits per heavy atom. The smallest absolute Gasteiger partial charge is 0.229 e.